The lowest BCUT2D eigenvalue weighted by Crippen LogP contribution is -2.61. The van der Waals surface area contributed by atoms with Crippen LogP contribution in [-0.2, 0) is 20.9 Å². The van der Waals surface area contributed by atoms with E-state index in [9.17, 15) is 34.7 Å². The number of nitrogens with zero attached hydrogens (tertiary/aromatic N) is 2. The van der Waals surface area contributed by atoms with Gasteiger partial charge in [0.1, 0.15) is 12.3 Å². The van der Waals surface area contributed by atoms with Crippen LogP contribution in [-0.4, -0.2) is 62.4 Å². The molecule has 166 valence electrons. The van der Waals surface area contributed by atoms with E-state index in [0.717, 1.165) is 0 Å². The molecule has 31 heavy (non-hydrogen) atoms. The topological polar surface area (TPSA) is 159 Å². The Bertz CT molecular complexity index is 931. The van der Waals surface area contributed by atoms with Crippen LogP contribution in [0, 0.1) is 16.0 Å². The number of carbonyl (C=O) groups excluding carboxylic acids is 2. The number of hydrogen-bond acceptors (Lipinski definition) is 8. The Morgan fingerprint density at radius 3 is 2.65 bits per heavy atom. The minimum Gasteiger partial charge on any atom is -0.477 e. The van der Waals surface area contributed by atoms with Crippen LogP contribution in [0.5, 0.6) is 0 Å². The normalized spacial score (nSPS) is 20.7. The molecule has 0 bridgehead atoms. The van der Waals surface area contributed by atoms with E-state index in [1.54, 1.807) is 0 Å². The molecular formula is C19H21N3O8S. The number of nitrogens with one attached hydrogen (secondary N) is 1. The van der Waals surface area contributed by atoms with Crippen molar-refractivity contribution in [1.29, 1.82) is 0 Å². The molecule has 0 aliphatic carbocycles. The van der Waals surface area contributed by atoms with Crippen molar-refractivity contribution in [2.75, 3.05) is 12.3 Å². The highest BCUT2D eigenvalue weighted by atomic mass is 32.2. The minimum absolute atomic E-state index is 0.0508. The van der Waals surface area contributed by atoms with Gasteiger partial charge in [-0.3, -0.25) is 14.9 Å². The first kappa shape index (κ1) is 22.6. The highest BCUT2D eigenvalue weighted by Crippen LogP contribution is 2.46. The molecule has 1 aromatic carbocycles. The van der Waals surface area contributed by atoms with Gasteiger partial charge >= 0.3 is 12.1 Å². The van der Waals surface area contributed by atoms with Gasteiger partial charge in [0.25, 0.3) is 5.69 Å². The molecule has 0 spiro atoms. The number of benzene rings is 1. The monoisotopic (exact) mass is 451 g/mol. The second-order valence-corrected chi connectivity index (χ2v) is 8.29. The van der Waals surface area contributed by atoms with E-state index < -0.39 is 29.0 Å². The quantitative estimate of drug-likeness (QED) is 0.219. The number of thioether (sulfide) groups is 1. The molecule has 11 nitrogen and oxygen atoms in total. The van der Waals surface area contributed by atoms with E-state index in [0.29, 0.717) is 22.6 Å². The van der Waals surface area contributed by atoms with Gasteiger partial charge in [-0.2, -0.15) is 0 Å². The Morgan fingerprint density at radius 2 is 2.06 bits per heavy atom. The Kier molecular flexibility index (Phi) is 6.81. The zero-order valence-corrected chi connectivity index (χ0v) is 17.3. The largest absolute Gasteiger partial charge is 0.477 e. The van der Waals surface area contributed by atoms with E-state index in [4.69, 9.17) is 4.74 Å². The molecule has 2 aliphatic rings. The first-order valence-electron chi connectivity index (χ1n) is 9.45. The lowest BCUT2D eigenvalue weighted by molar-refractivity contribution is -0.384. The molecule has 1 aromatic rings. The summed E-state index contributed by atoms with van der Waals surface area (Å²) >= 11 is 1.23. The molecule has 0 aromatic heterocycles. The average Bonchev–Trinajstić information content (AvgIpc) is 3.04. The van der Waals surface area contributed by atoms with Gasteiger partial charge < -0.3 is 25.2 Å². The van der Waals surface area contributed by atoms with Crippen molar-refractivity contribution in [1.82, 2.24) is 10.2 Å². The van der Waals surface area contributed by atoms with Gasteiger partial charge in [0.15, 0.2) is 0 Å². The standard InChI is InChI=1S/C19H21N3O8S/c1-10(23)15-13-8-14(16(18(25)26)21(13)17(15)24)31-7-6-20-19(27)30-9-11-2-4-12(5-3-11)22(28)29/h2-5,10,13,15,23H,6-9H2,1H3,(H,20,27)(H,25,26)/t10-,13?,15-/m0/s1. The zero-order chi connectivity index (χ0) is 22.7. The number of nitro benzene ring substituents is 1. The number of fused-ring (bicyclic) bond motifs is 1. The summed E-state index contributed by atoms with van der Waals surface area (Å²) in [6.07, 6.45) is -1.16. The van der Waals surface area contributed by atoms with Gasteiger partial charge in [0.2, 0.25) is 5.91 Å². The van der Waals surface area contributed by atoms with Crippen molar-refractivity contribution >= 4 is 35.4 Å². The molecule has 3 rings (SSSR count). The molecule has 3 N–H and O–H groups in total. The summed E-state index contributed by atoms with van der Waals surface area (Å²) in [7, 11) is 0. The van der Waals surface area contributed by atoms with Crippen LogP contribution in [0.1, 0.15) is 18.9 Å². The number of β-lactam (4-membered cyclic amide) rings is 1. The van der Waals surface area contributed by atoms with Crippen LogP contribution >= 0.6 is 11.8 Å². The number of carbonyl (C=O) groups is 3. The molecule has 3 atom stereocenters. The summed E-state index contributed by atoms with van der Waals surface area (Å²) in [4.78, 5) is 47.4. The van der Waals surface area contributed by atoms with E-state index in [1.165, 1.54) is 47.9 Å². The summed E-state index contributed by atoms with van der Waals surface area (Å²) in [5.74, 6) is -1.81. The maximum atomic E-state index is 12.2. The van der Waals surface area contributed by atoms with Gasteiger partial charge in [-0.15, -0.1) is 11.8 Å². The van der Waals surface area contributed by atoms with Crippen LogP contribution in [0.4, 0.5) is 10.5 Å². The maximum Gasteiger partial charge on any atom is 0.407 e. The maximum absolute atomic E-state index is 12.2. The fraction of sp³-hybridized carbons (Fsp3) is 0.421. The fourth-order valence-corrected chi connectivity index (χ4v) is 4.66. The number of aliphatic carboxylic acids is 1. The summed E-state index contributed by atoms with van der Waals surface area (Å²) < 4.78 is 5.04. The second-order valence-electron chi connectivity index (χ2n) is 7.10. The van der Waals surface area contributed by atoms with E-state index in [2.05, 4.69) is 5.32 Å². The third-order valence-corrected chi connectivity index (χ3v) is 6.17. The molecule has 12 heteroatoms. The molecule has 2 amide bonds. The van der Waals surface area contributed by atoms with Gasteiger partial charge in [-0.25, -0.2) is 9.59 Å². The number of aliphatic hydroxyl groups is 1. The van der Waals surface area contributed by atoms with E-state index >= 15 is 0 Å². The fourth-order valence-electron chi connectivity index (χ4n) is 3.60. The Morgan fingerprint density at radius 1 is 1.39 bits per heavy atom. The summed E-state index contributed by atoms with van der Waals surface area (Å²) in [5.41, 5.74) is 0.482. The summed E-state index contributed by atoms with van der Waals surface area (Å²) in [6, 6.07) is 5.28. The SMILES string of the molecule is C[C@H](O)[C@@H]1C(=O)N2C(C(=O)O)=C(SCCNC(=O)OCc3ccc([N+](=O)[O-])cc3)CC12. The smallest absolute Gasteiger partial charge is 0.407 e. The van der Waals surface area contributed by atoms with Gasteiger partial charge in [-0.1, -0.05) is 0 Å². The molecule has 0 radical (unpaired) electrons. The van der Waals surface area contributed by atoms with Crippen LogP contribution in [0.15, 0.2) is 34.9 Å². The summed E-state index contributed by atoms with van der Waals surface area (Å²) in [5, 5.41) is 32.4. The van der Waals surface area contributed by atoms with Crippen LogP contribution in [0.25, 0.3) is 0 Å². The second kappa shape index (κ2) is 9.35. The van der Waals surface area contributed by atoms with Crippen molar-refractivity contribution in [2.45, 2.75) is 32.1 Å². The van der Waals surface area contributed by atoms with Crippen molar-refractivity contribution in [2.24, 2.45) is 5.92 Å². The van der Waals surface area contributed by atoms with Crippen LogP contribution < -0.4 is 5.32 Å². The lowest BCUT2D eigenvalue weighted by Gasteiger charge is -2.44. The predicted molar refractivity (Wildman–Crippen MR) is 109 cm³/mol. The third-order valence-electron chi connectivity index (χ3n) is 5.06. The molecule has 1 fully saturated rings. The number of amides is 2. The van der Waals surface area contributed by atoms with E-state index in [1.807, 2.05) is 0 Å². The number of carboxylic acid groups (broad SMARTS) is 1. The van der Waals surface area contributed by atoms with Gasteiger partial charge in [0.05, 0.1) is 23.0 Å². The zero-order valence-electron chi connectivity index (χ0n) is 16.5. The number of rotatable bonds is 9. The predicted octanol–water partition coefficient (Wildman–Crippen LogP) is 1.46. The van der Waals surface area contributed by atoms with Crippen molar-refractivity contribution < 1.29 is 34.3 Å². The molecule has 1 unspecified atom stereocenters. The number of aliphatic hydroxyl groups excluding tert-OH is 1. The first-order valence-corrected chi connectivity index (χ1v) is 10.4. The van der Waals surface area contributed by atoms with E-state index in [-0.39, 0.29) is 36.5 Å². The van der Waals surface area contributed by atoms with Gasteiger partial charge in [0, 0.05) is 35.8 Å². The number of ether oxygens (including phenoxy) is 1. The molecular weight excluding hydrogens is 430 g/mol. The highest BCUT2D eigenvalue weighted by molar-refractivity contribution is 8.03. The molecule has 1 saturated heterocycles. The number of carboxylic acids is 1. The van der Waals surface area contributed by atoms with Crippen molar-refractivity contribution in [3.05, 3.63) is 50.5 Å². The molecule has 2 aliphatic heterocycles. The lowest BCUT2D eigenvalue weighted by atomic mass is 9.83. The molecule has 2 heterocycles. The Hall–Kier alpha value is -3.12. The van der Waals surface area contributed by atoms with Crippen molar-refractivity contribution in [3.8, 4) is 0 Å². The first-order chi connectivity index (χ1) is 14.7. The van der Waals surface area contributed by atoms with Gasteiger partial charge in [-0.05, 0) is 24.6 Å². The summed E-state index contributed by atoms with van der Waals surface area (Å²) in [6.45, 7) is 1.67. The number of nitro groups is 1. The average molecular weight is 451 g/mol. The highest BCUT2D eigenvalue weighted by Gasteiger charge is 2.56. The van der Waals surface area contributed by atoms with Crippen molar-refractivity contribution in [3.63, 3.8) is 0 Å². The minimum atomic E-state index is -1.20. The van der Waals surface area contributed by atoms with Crippen LogP contribution in [0.2, 0.25) is 0 Å². The Labute approximate surface area is 181 Å². The number of hydrogen-bond donors (Lipinski definition) is 3. The molecule has 0 saturated carbocycles. The number of non-ortho nitro benzene ring substituents is 1. The third kappa shape index (κ3) is 4.80. The number of alkyl carbamates (subject to hydrolysis) is 1. The van der Waals surface area contributed by atoms with Crippen LogP contribution in [0.3, 0.4) is 0 Å². The Balaban J connectivity index is 1.44.